The summed E-state index contributed by atoms with van der Waals surface area (Å²) >= 11 is 0. The van der Waals surface area contributed by atoms with Crippen LogP contribution < -0.4 is 20.5 Å². The number of anilines is 2. The number of benzene rings is 1. The lowest BCUT2D eigenvalue weighted by Gasteiger charge is -2.59. The van der Waals surface area contributed by atoms with E-state index in [0.29, 0.717) is 131 Å². The van der Waals surface area contributed by atoms with Crippen LogP contribution in [0.1, 0.15) is 128 Å². The van der Waals surface area contributed by atoms with E-state index < -0.39 is 36.3 Å². The standard InChI is InChI=1S/C61H89F3N10O7/c1-42(78-4)53-48(32-46(34-65-53)69-27-29-79-30-28-69)56-49(33-59(2,3)38-81-41-75)47-31-45(18-19-51(47)72(56)37-61(62,63)64)68-24-20-52(74(26-25-68)70-35-60(36-70)39-80-40-60)54(58(77)73-23-11-10-21-66-73)67-57(76)55(44-15-8-9-16-44)71-22-12-17-50(71)43-13-6-5-7-14-43/h18-19,31-32,34,41-44,50,52,54-55,66H,5-17,20-30,33,35-40H2,1-4H3,(H,67,76). The number of nitrogens with one attached hydrogen (secondary N) is 2. The van der Waals surface area contributed by atoms with Crippen molar-refractivity contribution in [1.82, 2.24) is 40.2 Å². The fraction of sp³-hybridized carbons (Fsp3) is 0.738. The van der Waals surface area contributed by atoms with Gasteiger partial charge in [-0.25, -0.2) is 15.4 Å². The first-order valence-electron chi connectivity index (χ1n) is 30.7. The number of hydrazine groups is 2. The van der Waals surface area contributed by atoms with Crippen LogP contribution in [0, 0.1) is 22.7 Å². The summed E-state index contributed by atoms with van der Waals surface area (Å²) in [6, 6.07) is 6.61. The predicted molar refractivity (Wildman–Crippen MR) is 304 cm³/mol. The minimum Gasteiger partial charge on any atom is -0.467 e. The van der Waals surface area contributed by atoms with Gasteiger partial charge in [-0.2, -0.15) is 13.2 Å². The van der Waals surface area contributed by atoms with Crippen molar-refractivity contribution in [2.24, 2.45) is 22.7 Å². The number of amides is 2. The van der Waals surface area contributed by atoms with Crippen LogP contribution in [-0.2, 0) is 46.3 Å². The molecule has 11 rings (SSSR count). The molecule has 0 bridgehead atoms. The normalized spacial score (nSPS) is 25.1. The molecule has 2 aromatic heterocycles. The van der Waals surface area contributed by atoms with Crippen LogP contribution >= 0.6 is 0 Å². The number of likely N-dealkylation sites (tertiary alicyclic amines) is 1. The maximum absolute atomic E-state index is 15.7. The van der Waals surface area contributed by atoms with E-state index in [1.807, 2.05) is 45.0 Å². The highest BCUT2D eigenvalue weighted by molar-refractivity contribution is 5.95. The van der Waals surface area contributed by atoms with Gasteiger partial charge in [-0.3, -0.25) is 29.3 Å². The van der Waals surface area contributed by atoms with Gasteiger partial charge in [0.25, 0.3) is 12.4 Å². The second kappa shape index (κ2) is 24.9. The van der Waals surface area contributed by atoms with Crippen LogP contribution in [0.25, 0.3) is 22.2 Å². The molecule has 8 fully saturated rings. The van der Waals surface area contributed by atoms with Crippen molar-refractivity contribution in [2.45, 2.75) is 160 Å². The number of methoxy groups -OCH3 is 1. The van der Waals surface area contributed by atoms with Gasteiger partial charge in [0.1, 0.15) is 12.6 Å². The lowest BCUT2D eigenvalue weighted by Crippen LogP contribution is -2.74. The van der Waals surface area contributed by atoms with Gasteiger partial charge >= 0.3 is 6.18 Å². The quantitative estimate of drug-likeness (QED) is 0.112. The molecule has 17 nitrogen and oxygen atoms in total. The molecule has 8 heterocycles. The van der Waals surface area contributed by atoms with E-state index >= 15 is 22.8 Å². The molecule has 2 N–H and O–H groups in total. The van der Waals surface area contributed by atoms with E-state index in [1.165, 1.54) is 36.7 Å². The molecule has 446 valence electrons. The molecule has 3 aromatic rings. The van der Waals surface area contributed by atoms with E-state index in [0.717, 1.165) is 82.4 Å². The number of rotatable bonds is 19. The minimum atomic E-state index is -4.59. The Morgan fingerprint density at radius 2 is 1.62 bits per heavy atom. The number of morpholine rings is 1. The maximum Gasteiger partial charge on any atom is 0.406 e. The number of hydrogen-bond acceptors (Lipinski definition) is 14. The van der Waals surface area contributed by atoms with Crippen LogP contribution in [0.2, 0.25) is 0 Å². The molecule has 5 unspecified atom stereocenters. The number of pyridine rings is 1. The number of alkyl halides is 3. The third-order valence-corrected chi connectivity index (χ3v) is 19.6. The number of halogens is 3. The average Bonchev–Trinajstić information content (AvgIpc) is 4.43. The Labute approximate surface area is 476 Å². The SMILES string of the molecule is COC(C)c1ncc(N2CCOCC2)cc1-c1c(CC(C)(C)COC=O)c2cc(N3CCC(C(NC(=O)C(C4CCCC4)N4CCCC4C4CCCCC4)C(=O)N4CCCCN4)N(N4CC5(COC5)C4)CC3)ccc2n1CC(F)(F)F. The molecular formula is C61H89F3N10O7. The third-order valence-electron chi connectivity index (χ3n) is 19.6. The molecule has 0 radical (unpaired) electrons. The summed E-state index contributed by atoms with van der Waals surface area (Å²) in [7, 11) is 1.57. The molecule has 6 aliphatic heterocycles. The topological polar surface area (TPSA) is 149 Å². The fourth-order valence-electron chi connectivity index (χ4n) is 15.4. The summed E-state index contributed by atoms with van der Waals surface area (Å²) in [5.74, 6) is 0.714. The van der Waals surface area contributed by atoms with Crippen molar-refractivity contribution < 1.29 is 46.5 Å². The van der Waals surface area contributed by atoms with Gasteiger partial charge in [0.05, 0.1) is 74.5 Å². The number of fused-ring (bicyclic) bond motifs is 1. The van der Waals surface area contributed by atoms with Crippen molar-refractivity contribution in [3.63, 3.8) is 0 Å². The van der Waals surface area contributed by atoms with E-state index in [2.05, 4.69) is 35.5 Å². The highest BCUT2D eigenvalue weighted by Gasteiger charge is 2.54. The van der Waals surface area contributed by atoms with Crippen LogP contribution in [0.3, 0.4) is 0 Å². The molecule has 2 amide bonds. The molecule has 81 heavy (non-hydrogen) atoms. The van der Waals surface area contributed by atoms with Crippen molar-refractivity contribution in [2.75, 3.05) is 115 Å². The molecule has 6 saturated heterocycles. The highest BCUT2D eigenvalue weighted by atomic mass is 19.4. The zero-order chi connectivity index (χ0) is 56.5. The summed E-state index contributed by atoms with van der Waals surface area (Å²) < 4.78 is 69.8. The number of nitrogens with zero attached hydrogens (tertiary/aromatic N) is 8. The van der Waals surface area contributed by atoms with Crippen LogP contribution in [-0.4, -0.2) is 184 Å². The van der Waals surface area contributed by atoms with Crippen molar-refractivity contribution in [1.29, 1.82) is 0 Å². The third kappa shape index (κ3) is 12.6. The Morgan fingerprint density at radius 3 is 2.31 bits per heavy atom. The lowest BCUT2D eigenvalue weighted by atomic mass is 9.79. The monoisotopic (exact) mass is 1130 g/mol. The van der Waals surface area contributed by atoms with Gasteiger partial charge in [0.15, 0.2) is 0 Å². The molecule has 2 saturated carbocycles. The zero-order valence-corrected chi connectivity index (χ0v) is 48.5. The van der Waals surface area contributed by atoms with Crippen LogP contribution in [0.4, 0.5) is 24.5 Å². The smallest absolute Gasteiger partial charge is 0.406 e. The van der Waals surface area contributed by atoms with Gasteiger partial charge in [-0.15, -0.1) is 0 Å². The summed E-state index contributed by atoms with van der Waals surface area (Å²) in [6.07, 6.45) is 12.0. The molecule has 8 aliphatic rings. The Kier molecular flexibility index (Phi) is 17.9. The van der Waals surface area contributed by atoms with Crippen LogP contribution in [0.15, 0.2) is 30.5 Å². The van der Waals surface area contributed by atoms with Gasteiger partial charge < -0.3 is 38.6 Å². The largest absolute Gasteiger partial charge is 0.467 e. The number of ether oxygens (including phenoxy) is 4. The van der Waals surface area contributed by atoms with E-state index in [-0.39, 0.29) is 42.2 Å². The molecular weight excluding hydrogens is 1040 g/mol. The molecule has 2 aliphatic carbocycles. The second-order valence-electron chi connectivity index (χ2n) is 25.8. The summed E-state index contributed by atoms with van der Waals surface area (Å²) in [6.45, 7) is 14.0. The zero-order valence-electron chi connectivity index (χ0n) is 48.5. The fourth-order valence-corrected chi connectivity index (χ4v) is 15.4. The average molecular weight is 1130 g/mol. The second-order valence-corrected chi connectivity index (χ2v) is 25.8. The number of hydrogen-bond donors (Lipinski definition) is 2. The Morgan fingerprint density at radius 1 is 0.864 bits per heavy atom. The molecule has 20 heteroatoms. The van der Waals surface area contributed by atoms with E-state index in [9.17, 15) is 4.79 Å². The van der Waals surface area contributed by atoms with Gasteiger partial charge in [0.2, 0.25) is 5.91 Å². The number of carbonyl (C=O) groups excluding carboxylic acids is 3. The summed E-state index contributed by atoms with van der Waals surface area (Å²) in [5.41, 5.74) is 6.97. The Hall–Kier alpha value is -4.57. The Bertz CT molecular complexity index is 2650. The predicted octanol–water partition coefficient (Wildman–Crippen LogP) is 7.89. The first-order chi connectivity index (χ1) is 39.1. The molecule has 1 aromatic carbocycles. The number of aromatic nitrogens is 2. The van der Waals surface area contributed by atoms with Crippen molar-refractivity contribution >= 4 is 40.6 Å². The summed E-state index contributed by atoms with van der Waals surface area (Å²) in [5, 5.41) is 10.8. The molecule has 1 spiro atoms. The summed E-state index contributed by atoms with van der Waals surface area (Å²) in [4.78, 5) is 54.8. The highest BCUT2D eigenvalue weighted by Crippen LogP contribution is 2.46. The first-order valence-corrected chi connectivity index (χ1v) is 30.7. The first kappa shape index (κ1) is 58.2. The van der Waals surface area contributed by atoms with Gasteiger partial charge in [-0.1, -0.05) is 46.0 Å². The van der Waals surface area contributed by atoms with Crippen molar-refractivity contribution in [3.05, 3.63) is 41.7 Å². The van der Waals surface area contributed by atoms with Gasteiger partial charge in [-0.05, 0) is 119 Å². The Balaban J connectivity index is 0.985. The number of carbonyl (C=O) groups is 3. The van der Waals surface area contributed by atoms with Gasteiger partial charge in [0, 0.05) is 105 Å². The maximum atomic E-state index is 15.7. The lowest BCUT2D eigenvalue weighted by molar-refractivity contribution is -0.255. The minimum absolute atomic E-state index is 0.0131. The molecule has 5 atom stereocenters. The van der Waals surface area contributed by atoms with Crippen LogP contribution in [0.5, 0.6) is 0 Å². The van der Waals surface area contributed by atoms with Crippen molar-refractivity contribution in [3.8, 4) is 11.3 Å². The van der Waals surface area contributed by atoms with E-state index in [4.69, 9.17) is 23.9 Å². The van der Waals surface area contributed by atoms with E-state index in [1.54, 1.807) is 18.3 Å².